The van der Waals surface area contributed by atoms with Crippen LogP contribution in [0.1, 0.15) is 5.56 Å². The Kier molecular flexibility index (Phi) is 6.49. The van der Waals surface area contributed by atoms with Gasteiger partial charge in [-0.25, -0.2) is 0 Å². The lowest BCUT2D eigenvalue weighted by atomic mass is 10.2. The Morgan fingerprint density at radius 1 is 1.19 bits per heavy atom. The highest BCUT2D eigenvalue weighted by molar-refractivity contribution is 5.93. The molecule has 0 aliphatic heterocycles. The number of amides is 1. The molecule has 9 heteroatoms. The summed E-state index contributed by atoms with van der Waals surface area (Å²) in [5.74, 6) is 0.305. The van der Waals surface area contributed by atoms with Gasteiger partial charge in [-0.15, -0.1) is 0 Å². The molecule has 0 atom stereocenters. The van der Waals surface area contributed by atoms with E-state index in [1.807, 2.05) is 12.1 Å². The van der Waals surface area contributed by atoms with Crippen molar-refractivity contribution in [3.63, 3.8) is 0 Å². The molecule has 136 valence electrons. The predicted molar refractivity (Wildman–Crippen MR) is 94.8 cm³/mol. The first kappa shape index (κ1) is 18.7. The molecule has 1 amide bonds. The maximum Gasteiger partial charge on any atom is 0.273 e. The molecule has 0 aromatic heterocycles. The van der Waals surface area contributed by atoms with Crippen LogP contribution >= 0.6 is 0 Å². The van der Waals surface area contributed by atoms with Gasteiger partial charge in [0.1, 0.15) is 11.5 Å². The van der Waals surface area contributed by atoms with Gasteiger partial charge in [0.2, 0.25) is 0 Å². The van der Waals surface area contributed by atoms with Crippen LogP contribution in [0.4, 0.5) is 11.4 Å². The van der Waals surface area contributed by atoms with Gasteiger partial charge in [0, 0.05) is 11.6 Å². The van der Waals surface area contributed by atoms with E-state index in [2.05, 4.69) is 10.5 Å². The van der Waals surface area contributed by atoms with E-state index in [4.69, 9.17) is 14.3 Å². The Labute approximate surface area is 149 Å². The second-order valence-electron chi connectivity index (χ2n) is 4.94. The van der Waals surface area contributed by atoms with Crippen molar-refractivity contribution in [1.82, 2.24) is 0 Å². The number of nitro groups is 1. The smallest absolute Gasteiger partial charge is 0.273 e. The normalized spacial score (nSPS) is 10.4. The Balaban J connectivity index is 1.93. The Bertz CT molecular complexity index is 822. The average Bonchev–Trinajstić information content (AvgIpc) is 2.65. The number of carbonyl (C=O) groups is 1. The second-order valence-corrected chi connectivity index (χ2v) is 4.94. The van der Waals surface area contributed by atoms with Crippen LogP contribution in [-0.4, -0.2) is 37.9 Å². The van der Waals surface area contributed by atoms with Crippen LogP contribution in [0.3, 0.4) is 0 Å². The molecule has 9 nitrogen and oxygen atoms in total. The zero-order valence-corrected chi connectivity index (χ0v) is 14.2. The number of ether oxygens (including phenoxy) is 2. The predicted octanol–water partition coefficient (Wildman–Crippen LogP) is 2.60. The SMILES string of the molecule is COc1ccccc1/C=N\OCC(=O)Nc1ccc([N+](=O)[O-])cc1OC. The summed E-state index contributed by atoms with van der Waals surface area (Å²) in [7, 11) is 2.89. The van der Waals surface area contributed by atoms with E-state index >= 15 is 0 Å². The van der Waals surface area contributed by atoms with E-state index < -0.39 is 10.8 Å². The number of para-hydroxylation sites is 1. The lowest BCUT2D eigenvalue weighted by Gasteiger charge is -2.09. The van der Waals surface area contributed by atoms with Crippen molar-refractivity contribution >= 4 is 23.5 Å². The molecule has 0 aliphatic carbocycles. The lowest BCUT2D eigenvalue weighted by Crippen LogP contribution is -2.17. The molecule has 0 bridgehead atoms. The van der Waals surface area contributed by atoms with Gasteiger partial charge < -0.3 is 19.6 Å². The zero-order chi connectivity index (χ0) is 18.9. The summed E-state index contributed by atoms with van der Waals surface area (Å²) in [6.07, 6.45) is 1.43. The van der Waals surface area contributed by atoms with Crippen LogP contribution in [0.2, 0.25) is 0 Å². The van der Waals surface area contributed by atoms with Gasteiger partial charge in [0.05, 0.1) is 37.1 Å². The number of nitrogens with one attached hydrogen (secondary N) is 1. The highest BCUT2D eigenvalue weighted by Crippen LogP contribution is 2.28. The summed E-state index contributed by atoms with van der Waals surface area (Å²) in [6, 6.07) is 11.1. The first-order valence-corrected chi connectivity index (χ1v) is 7.45. The fraction of sp³-hybridized carbons (Fsp3) is 0.176. The minimum absolute atomic E-state index is 0.141. The molecule has 0 radical (unpaired) electrons. The number of hydrogen-bond donors (Lipinski definition) is 1. The molecule has 0 heterocycles. The molecule has 2 rings (SSSR count). The molecule has 0 saturated carbocycles. The summed E-state index contributed by atoms with van der Waals surface area (Å²) in [5, 5.41) is 17.0. The van der Waals surface area contributed by atoms with E-state index in [9.17, 15) is 14.9 Å². The van der Waals surface area contributed by atoms with Gasteiger partial charge in [-0.05, 0) is 18.2 Å². The molecule has 0 unspecified atom stereocenters. The lowest BCUT2D eigenvalue weighted by molar-refractivity contribution is -0.384. The third-order valence-corrected chi connectivity index (χ3v) is 3.27. The van der Waals surface area contributed by atoms with Crippen LogP contribution in [0, 0.1) is 10.1 Å². The van der Waals surface area contributed by atoms with E-state index in [0.717, 1.165) is 0 Å². The topological polar surface area (TPSA) is 112 Å². The molecule has 26 heavy (non-hydrogen) atoms. The van der Waals surface area contributed by atoms with Crippen LogP contribution in [0.5, 0.6) is 11.5 Å². The summed E-state index contributed by atoms with van der Waals surface area (Å²) in [4.78, 5) is 27.1. The number of nitro benzene ring substituents is 1. The molecule has 0 spiro atoms. The summed E-state index contributed by atoms with van der Waals surface area (Å²) in [5.41, 5.74) is 0.852. The Morgan fingerprint density at radius 2 is 1.92 bits per heavy atom. The van der Waals surface area contributed by atoms with Crippen LogP contribution in [0.15, 0.2) is 47.6 Å². The highest BCUT2D eigenvalue weighted by Gasteiger charge is 2.13. The molecule has 0 fully saturated rings. The standard InChI is InChI=1S/C17H17N3O6/c1-24-15-6-4-3-5-12(15)10-18-26-11-17(21)19-14-8-7-13(20(22)23)9-16(14)25-2/h3-10H,11H2,1-2H3,(H,19,21)/b18-10-. The number of benzene rings is 2. The largest absolute Gasteiger partial charge is 0.496 e. The molecule has 0 saturated heterocycles. The highest BCUT2D eigenvalue weighted by atomic mass is 16.6. The van der Waals surface area contributed by atoms with Crippen LogP contribution in [0.25, 0.3) is 0 Å². The number of rotatable bonds is 8. The van der Waals surface area contributed by atoms with Crippen LogP contribution in [-0.2, 0) is 9.63 Å². The minimum atomic E-state index is -0.552. The second kappa shape index (κ2) is 9.02. The molecular formula is C17H17N3O6. The molecular weight excluding hydrogens is 342 g/mol. The van der Waals surface area contributed by atoms with Crippen molar-refractivity contribution in [2.24, 2.45) is 5.16 Å². The van der Waals surface area contributed by atoms with Gasteiger partial charge in [0.25, 0.3) is 11.6 Å². The van der Waals surface area contributed by atoms with Crippen molar-refractivity contribution in [2.75, 3.05) is 26.1 Å². The number of oxime groups is 1. The van der Waals surface area contributed by atoms with Gasteiger partial charge >= 0.3 is 0 Å². The third kappa shape index (κ3) is 4.94. The van der Waals surface area contributed by atoms with Crippen molar-refractivity contribution in [2.45, 2.75) is 0 Å². The van der Waals surface area contributed by atoms with Crippen LogP contribution < -0.4 is 14.8 Å². The number of hydrogen-bond acceptors (Lipinski definition) is 7. The van der Waals surface area contributed by atoms with Gasteiger partial charge in [0.15, 0.2) is 6.61 Å². The summed E-state index contributed by atoms with van der Waals surface area (Å²) in [6.45, 7) is -0.341. The van der Waals surface area contributed by atoms with E-state index in [-0.39, 0.29) is 18.0 Å². The van der Waals surface area contributed by atoms with Gasteiger partial charge in [-0.1, -0.05) is 17.3 Å². The maximum atomic E-state index is 11.9. The average molecular weight is 359 g/mol. The van der Waals surface area contributed by atoms with Crippen molar-refractivity contribution < 1.29 is 24.0 Å². The first-order chi connectivity index (χ1) is 12.5. The number of methoxy groups -OCH3 is 2. The van der Waals surface area contributed by atoms with E-state index in [1.165, 1.54) is 31.5 Å². The Morgan fingerprint density at radius 3 is 2.62 bits per heavy atom. The quantitative estimate of drug-likeness (QED) is 0.440. The van der Waals surface area contributed by atoms with Gasteiger partial charge in [-0.2, -0.15) is 0 Å². The number of carbonyl (C=O) groups excluding carboxylic acids is 1. The van der Waals surface area contributed by atoms with Gasteiger partial charge in [-0.3, -0.25) is 14.9 Å². The zero-order valence-electron chi connectivity index (χ0n) is 14.2. The monoisotopic (exact) mass is 359 g/mol. The molecule has 2 aromatic rings. The minimum Gasteiger partial charge on any atom is -0.496 e. The fourth-order valence-corrected chi connectivity index (χ4v) is 2.05. The maximum absolute atomic E-state index is 11.9. The first-order valence-electron chi connectivity index (χ1n) is 7.45. The number of anilines is 1. The number of nitrogens with zero attached hydrogens (tertiary/aromatic N) is 2. The van der Waals surface area contributed by atoms with Crippen molar-refractivity contribution in [3.8, 4) is 11.5 Å². The summed E-state index contributed by atoms with van der Waals surface area (Å²) >= 11 is 0. The number of non-ortho nitro benzene ring substituents is 1. The molecule has 1 N–H and O–H groups in total. The van der Waals surface area contributed by atoms with E-state index in [1.54, 1.807) is 19.2 Å². The fourth-order valence-electron chi connectivity index (χ4n) is 2.05. The van der Waals surface area contributed by atoms with Crippen molar-refractivity contribution in [3.05, 3.63) is 58.1 Å². The van der Waals surface area contributed by atoms with E-state index in [0.29, 0.717) is 17.0 Å². The summed E-state index contributed by atoms with van der Waals surface area (Å²) < 4.78 is 10.2. The molecule has 2 aromatic carbocycles. The Hall–Kier alpha value is -3.62. The van der Waals surface area contributed by atoms with Crippen molar-refractivity contribution in [1.29, 1.82) is 0 Å². The molecule has 0 aliphatic rings. The third-order valence-electron chi connectivity index (χ3n) is 3.27.